The number of ether oxygens (including phenoxy) is 1. The van der Waals surface area contributed by atoms with Crippen molar-refractivity contribution in [2.75, 3.05) is 52.9 Å². The van der Waals surface area contributed by atoms with Crippen LogP contribution in [0.5, 0.6) is 0 Å². The fraction of sp³-hybridized carbons (Fsp3) is 0.889. The van der Waals surface area contributed by atoms with Crippen LogP contribution in [0.15, 0.2) is 4.99 Å². The van der Waals surface area contributed by atoms with Crippen LogP contribution in [0.3, 0.4) is 0 Å². The van der Waals surface area contributed by atoms with Gasteiger partial charge in [0.2, 0.25) is 0 Å². The Morgan fingerprint density at radius 1 is 1.25 bits per heavy atom. The Morgan fingerprint density at radius 2 is 2.00 bits per heavy atom. The van der Waals surface area contributed by atoms with Crippen molar-refractivity contribution in [1.29, 1.82) is 0 Å². The molecule has 0 saturated carbocycles. The van der Waals surface area contributed by atoms with Crippen LogP contribution in [-0.4, -0.2) is 74.7 Å². The summed E-state index contributed by atoms with van der Waals surface area (Å²) in [5, 5.41) is 3.49. The Kier molecular flexibility index (Phi) is 7.82. The topological polar surface area (TPSA) is 57.2 Å². The molecule has 0 aliphatic carbocycles. The average molecular weight is 338 g/mol. The van der Waals surface area contributed by atoms with E-state index in [1.54, 1.807) is 0 Å². The van der Waals surface area contributed by atoms with Crippen molar-refractivity contribution in [3.63, 3.8) is 0 Å². The molecule has 0 bridgehead atoms. The molecule has 2 aliphatic rings. The molecule has 24 heavy (non-hydrogen) atoms. The summed E-state index contributed by atoms with van der Waals surface area (Å²) in [7, 11) is 1.84. The second-order valence-corrected chi connectivity index (χ2v) is 7.04. The van der Waals surface area contributed by atoms with E-state index >= 15 is 0 Å². The van der Waals surface area contributed by atoms with Gasteiger partial charge in [-0.2, -0.15) is 0 Å². The van der Waals surface area contributed by atoms with Crippen molar-refractivity contribution in [2.45, 2.75) is 39.5 Å². The highest BCUT2D eigenvalue weighted by molar-refractivity contribution is 5.80. The first-order valence-electron chi connectivity index (χ1n) is 9.48. The number of guanidine groups is 1. The maximum Gasteiger partial charge on any atom is 0.309 e. The predicted molar refractivity (Wildman–Crippen MR) is 97.1 cm³/mol. The summed E-state index contributed by atoms with van der Waals surface area (Å²) in [6, 6.07) is 0. The smallest absolute Gasteiger partial charge is 0.309 e. The molecule has 2 fully saturated rings. The van der Waals surface area contributed by atoms with Crippen molar-refractivity contribution in [1.82, 2.24) is 15.1 Å². The zero-order valence-electron chi connectivity index (χ0n) is 15.6. The lowest BCUT2D eigenvalue weighted by atomic mass is 9.97. The van der Waals surface area contributed by atoms with Crippen molar-refractivity contribution < 1.29 is 9.53 Å². The van der Waals surface area contributed by atoms with Gasteiger partial charge in [0.05, 0.1) is 12.5 Å². The molecule has 0 spiro atoms. The van der Waals surface area contributed by atoms with Crippen LogP contribution in [0, 0.1) is 11.8 Å². The van der Waals surface area contributed by atoms with Crippen LogP contribution >= 0.6 is 0 Å². The fourth-order valence-electron chi connectivity index (χ4n) is 3.73. The van der Waals surface area contributed by atoms with Gasteiger partial charge in [0.25, 0.3) is 0 Å². The van der Waals surface area contributed by atoms with Gasteiger partial charge in [-0.05, 0) is 45.1 Å². The average Bonchev–Trinajstić information content (AvgIpc) is 2.59. The minimum atomic E-state index is -0.0423. The Morgan fingerprint density at radius 3 is 2.62 bits per heavy atom. The molecule has 2 rings (SSSR count). The zero-order chi connectivity index (χ0) is 17.4. The number of esters is 1. The van der Waals surface area contributed by atoms with Gasteiger partial charge in [-0.15, -0.1) is 0 Å². The van der Waals surface area contributed by atoms with Gasteiger partial charge in [0.1, 0.15) is 0 Å². The summed E-state index contributed by atoms with van der Waals surface area (Å²) in [5.41, 5.74) is 0. The first-order valence-corrected chi connectivity index (χ1v) is 9.48. The van der Waals surface area contributed by atoms with Crippen LogP contribution < -0.4 is 5.32 Å². The lowest BCUT2D eigenvalue weighted by molar-refractivity contribution is -0.149. The van der Waals surface area contributed by atoms with Gasteiger partial charge in [-0.3, -0.25) is 9.79 Å². The molecule has 2 aliphatic heterocycles. The molecule has 0 amide bonds. The van der Waals surface area contributed by atoms with E-state index in [0.29, 0.717) is 6.61 Å². The molecule has 6 heteroatoms. The summed E-state index contributed by atoms with van der Waals surface area (Å²) in [4.78, 5) is 21.0. The summed E-state index contributed by atoms with van der Waals surface area (Å²) in [6.45, 7) is 10.8. The SMILES string of the molecule is CCOC(=O)C1CCN(C(=NC)NCCN2CCCC(C)C2)CC1. The maximum absolute atomic E-state index is 11.8. The van der Waals surface area contributed by atoms with Crippen LogP contribution in [0.1, 0.15) is 39.5 Å². The van der Waals surface area contributed by atoms with E-state index in [9.17, 15) is 4.79 Å². The Hall–Kier alpha value is -1.30. The van der Waals surface area contributed by atoms with Gasteiger partial charge < -0.3 is 19.9 Å². The lowest BCUT2D eigenvalue weighted by Crippen LogP contribution is -2.48. The molecule has 1 atom stereocenters. The third kappa shape index (κ3) is 5.65. The summed E-state index contributed by atoms with van der Waals surface area (Å²) >= 11 is 0. The molecule has 0 radical (unpaired) electrons. The lowest BCUT2D eigenvalue weighted by Gasteiger charge is -2.34. The van der Waals surface area contributed by atoms with E-state index in [0.717, 1.165) is 50.9 Å². The predicted octanol–water partition coefficient (Wildman–Crippen LogP) is 1.57. The van der Waals surface area contributed by atoms with Gasteiger partial charge in [0.15, 0.2) is 5.96 Å². The second kappa shape index (κ2) is 9.87. The first-order chi connectivity index (χ1) is 11.6. The molecule has 138 valence electrons. The van der Waals surface area contributed by atoms with E-state index in [2.05, 4.69) is 27.0 Å². The number of carbonyl (C=O) groups is 1. The highest BCUT2D eigenvalue weighted by Gasteiger charge is 2.27. The van der Waals surface area contributed by atoms with Gasteiger partial charge in [-0.25, -0.2) is 0 Å². The zero-order valence-corrected chi connectivity index (χ0v) is 15.6. The second-order valence-electron chi connectivity index (χ2n) is 7.04. The van der Waals surface area contributed by atoms with Crippen molar-refractivity contribution >= 4 is 11.9 Å². The highest BCUT2D eigenvalue weighted by atomic mass is 16.5. The van der Waals surface area contributed by atoms with E-state index in [-0.39, 0.29) is 11.9 Å². The number of hydrogen-bond acceptors (Lipinski definition) is 4. The van der Waals surface area contributed by atoms with Crippen molar-refractivity contribution in [3.8, 4) is 0 Å². The van der Waals surface area contributed by atoms with Crippen LogP contribution in [0.2, 0.25) is 0 Å². The molecule has 0 aromatic rings. The maximum atomic E-state index is 11.8. The fourth-order valence-corrected chi connectivity index (χ4v) is 3.73. The van der Waals surface area contributed by atoms with E-state index < -0.39 is 0 Å². The molecule has 6 nitrogen and oxygen atoms in total. The molecular weight excluding hydrogens is 304 g/mol. The molecular formula is C18H34N4O2. The quantitative estimate of drug-likeness (QED) is 0.468. The summed E-state index contributed by atoms with van der Waals surface area (Å²) < 4.78 is 5.14. The number of piperidine rings is 2. The number of nitrogens with zero attached hydrogens (tertiary/aromatic N) is 3. The largest absolute Gasteiger partial charge is 0.466 e. The Labute approximate surface area is 146 Å². The van der Waals surface area contributed by atoms with Crippen molar-refractivity contribution in [3.05, 3.63) is 0 Å². The first kappa shape index (κ1) is 19.0. The number of nitrogens with one attached hydrogen (secondary N) is 1. The number of hydrogen-bond donors (Lipinski definition) is 1. The van der Waals surface area contributed by atoms with Crippen LogP contribution in [-0.2, 0) is 9.53 Å². The van der Waals surface area contributed by atoms with Gasteiger partial charge >= 0.3 is 5.97 Å². The van der Waals surface area contributed by atoms with E-state index in [1.807, 2.05) is 14.0 Å². The number of carbonyl (C=O) groups excluding carboxylic acids is 1. The summed E-state index contributed by atoms with van der Waals surface area (Å²) in [5.74, 6) is 1.79. The molecule has 1 N–H and O–H groups in total. The Bertz CT molecular complexity index is 419. The normalized spacial score (nSPS) is 24.0. The van der Waals surface area contributed by atoms with Crippen LogP contribution in [0.4, 0.5) is 0 Å². The molecule has 1 unspecified atom stereocenters. The number of rotatable bonds is 5. The summed E-state index contributed by atoms with van der Waals surface area (Å²) in [6.07, 6.45) is 4.38. The van der Waals surface area contributed by atoms with Gasteiger partial charge in [-0.1, -0.05) is 6.92 Å². The van der Waals surface area contributed by atoms with E-state index in [1.165, 1.54) is 25.9 Å². The Balaban J connectivity index is 1.70. The highest BCUT2D eigenvalue weighted by Crippen LogP contribution is 2.19. The van der Waals surface area contributed by atoms with Crippen molar-refractivity contribution in [2.24, 2.45) is 16.8 Å². The minimum absolute atomic E-state index is 0.0423. The van der Waals surface area contributed by atoms with Crippen LogP contribution in [0.25, 0.3) is 0 Å². The minimum Gasteiger partial charge on any atom is -0.466 e. The third-order valence-corrected chi connectivity index (χ3v) is 5.08. The standard InChI is InChI=1S/C18H34N4O2/c1-4-24-17(23)16-7-11-22(12-8-16)18(19-3)20-9-13-21-10-5-6-15(2)14-21/h15-16H,4-14H2,1-3H3,(H,19,20). The third-order valence-electron chi connectivity index (χ3n) is 5.08. The molecule has 2 saturated heterocycles. The van der Waals surface area contributed by atoms with Gasteiger partial charge in [0, 0.05) is 39.8 Å². The monoisotopic (exact) mass is 338 g/mol. The number of likely N-dealkylation sites (tertiary alicyclic amines) is 2. The molecule has 2 heterocycles. The number of aliphatic imine (C=N–C) groups is 1. The molecule has 0 aromatic carbocycles. The molecule has 0 aromatic heterocycles. The van der Waals surface area contributed by atoms with E-state index in [4.69, 9.17) is 4.74 Å².